The monoisotopic (exact) mass is 654 g/mol. The van der Waals surface area contributed by atoms with Crippen LogP contribution in [0.5, 0.6) is 0 Å². The third-order valence-electron chi connectivity index (χ3n) is 6.82. The van der Waals surface area contributed by atoms with E-state index >= 15 is 0 Å². The zero-order chi connectivity index (χ0) is 30.6. The Morgan fingerprint density at radius 2 is 1.57 bits per heavy atom. The Kier molecular flexibility index (Phi) is 10.5. The minimum absolute atomic E-state index is 0.123. The molecule has 10 nitrogen and oxygen atoms in total. The summed E-state index contributed by atoms with van der Waals surface area (Å²) < 4.78 is 28.9. The van der Waals surface area contributed by atoms with Crippen molar-refractivity contribution in [1.82, 2.24) is 19.8 Å². The van der Waals surface area contributed by atoms with Crippen molar-refractivity contribution < 1.29 is 27.9 Å². The second-order valence-corrected chi connectivity index (χ2v) is 14.0. The SMILES string of the molecule is CC(C)C[C@H](NC(=O)c1cc2ccccc2s1)C(=O)N1CCN(C(=O)C(CO)NS(=O)(=O)c2ccc(Cl)cc2Cl)CC1. The molecule has 0 aliphatic carbocycles. The van der Waals surface area contributed by atoms with E-state index in [1.54, 1.807) is 4.90 Å². The van der Waals surface area contributed by atoms with Gasteiger partial charge in [-0.05, 0) is 48.1 Å². The molecule has 1 fully saturated rings. The Morgan fingerprint density at radius 1 is 0.952 bits per heavy atom. The maximum Gasteiger partial charge on any atom is 0.262 e. The molecule has 0 saturated carbocycles. The van der Waals surface area contributed by atoms with Crippen molar-refractivity contribution in [2.45, 2.75) is 37.2 Å². The van der Waals surface area contributed by atoms with E-state index in [1.165, 1.54) is 34.4 Å². The summed E-state index contributed by atoms with van der Waals surface area (Å²) in [6, 6.07) is 11.1. The van der Waals surface area contributed by atoms with Gasteiger partial charge in [0.2, 0.25) is 21.8 Å². The van der Waals surface area contributed by atoms with E-state index in [9.17, 15) is 27.9 Å². The molecular weight excluding hydrogens is 623 g/mol. The molecular formula is C28H32Cl2N4O6S2. The number of piperazine rings is 1. The van der Waals surface area contributed by atoms with E-state index < -0.39 is 34.6 Å². The summed E-state index contributed by atoms with van der Waals surface area (Å²) in [5.41, 5.74) is 0. The largest absolute Gasteiger partial charge is 0.394 e. The Morgan fingerprint density at radius 3 is 2.14 bits per heavy atom. The molecule has 1 aliphatic rings. The normalized spacial score (nSPS) is 15.6. The molecule has 226 valence electrons. The van der Waals surface area contributed by atoms with E-state index in [2.05, 4.69) is 10.0 Å². The first kappa shape index (κ1) is 32.2. The summed E-state index contributed by atoms with van der Waals surface area (Å²) in [7, 11) is -4.24. The minimum atomic E-state index is -4.24. The number of hydrogen-bond acceptors (Lipinski definition) is 7. The predicted octanol–water partition coefficient (Wildman–Crippen LogP) is 3.36. The van der Waals surface area contributed by atoms with Gasteiger partial charge in [0.1, 0.15) is 17.0 Å². The Bertz CT molecular complexity index is 1540. The van der Waals surface area contributed by atoms with Crippen molar-refractivity contribution >= 4 is 72.4 Å². The number of aliphatic hydroxyl groups excluding tert-OH is 1. The number of sulfonamides is 1. The number of thiophene rings is 1. The standard InChI is InChI=1S/C28H32Cl2N4O6S2/c1-17(2)13-21(31-26(36)24-14-18-5-3-4-6-23(18)41-24)27(37)33-9-11-34(12-10-33)28(38)22(16-35)32-42(39,40)25-8-7-19(29)15-20(25)30/h3-8,14-15,17,21-22,32,35H,9-13,16H2,1-2H3,(H,31,36)/t21-,22?/m0/s1. The number of nitrogens with one attached hydrogen (secondary N) is 2. The van der Waals surface area contributed by atoms with E-state index in [0.29, 0.717) is 11.3 Å². The van der Waals surface area contributed by atoms with Crippen LogP contribution in [0.15, 0.2) is 53.4 Å². The van der Waals surface area contributed by atoms with Gasteiger partial charge in [0.05, 0.1) is 16.5 Å². The van der Waals surface area contributed by atoms with Gasteiger partial charge >= 0.3 is 0 Å². The highest BCUT2D eigenvalue weighted by Crippen LogP contribution is 2.26. The topological polar surface area (TPSA) is 136 Å². The van der Waals surface area contributed by atoms with Crippen LogP contribution in [0.2, 0.25) is 10.0 Å². The number of amides is 3. The fourth-order valence-corrected chi connectivity index (χ4v) is 7.63. The number of carbonyl (C=O) groups is 3. The first-order valence-corrected chi connectivity index (χ1v) is 16.4. The van der Waals surface area contributed by atoms with Crippen molar-refractivity contribution in [3.8, 4) is 0 Å². The highest BCUT2D eigenvalue weighted by molar-refractivity contribution is 7.89. The summed E-state index contributed by atoms with van der Waals surface area (Å²) in [4.78, 5) is 42.9. The smallest absolute Gasteiger partial charge is 0.262 e. The average molecular weight is 656 g/mol. The van der Waals surface area contributed by atoms with E-state index in [1.807, 2.05) is 44.2 Å². The summed E-state index contributed by atoms with van der Waals surface area (Å²) in [5.74, 6) is -1.06. The van der Waals surface area contributed by atoms with Crippen LogP contribution in [0, 0.1) is 5.92 Å². The average Bonchev–Trinajstić information content (AvgIpc) is 3.39. The molecule has 42 heavy (non-hydrogen) atoms. The van der Waals surface area contributed by atoms with Crippen molar-refractivity contribution in [1.29, 1.82) is 0 Å². The van der Waals surface area contributed by atoms with Crippen molar-refractivity contribution in [3.63, 3.8) is 0 Å². The lowest BCUT2D eigenvalue weighted by molar-refractivity contribution is -0.142. The van der Waals surface area contributed by atoms with Gasteiger partial charge < -0.3 is 20.2 Å². The summed E-state index contributed by atoms with van der Waals surface area (Å²) in [6.07, 6.45) is 0.441. The van der Waals surface area contributed by atoms with Gasteiger partial charge in [-0.1, -0.05) is 55.2 Å². The highest BCUT2D eigenvalue weighted by Gasteiger charge is 2.34. The van der Waals surface area contributed by atoms with Crippen LogP contribution in [-0.4, -0.2) is 85.9 Å². The van der Waals surface area contributed by atoms with Gasteiger partial charge in [-0.25, -0.2) is 8.42 Å². The number of halogens is 2. The zero-order valence-electron chi connectivity index (χ0n) is 23.0. The minimum Gasteiger partial charge on any atom is -0.394 e. The Labute approximate surface area is 258 Å². The maximum absolute atomic E-state index is 13.5. The Balaban J connectivity index is 1.38. The molecule has 3 amide bonds. The Hall–Kier alpha value is -2.74. The third kappa shape index (κ3) is 7.61. The number of aliphatic hydroxyl groups is 1. The molecule has 3 aromatic rings. The molecule has 2 heterocycles. The molecule has 14 heteroatoms. The summed E-state index contributed by atoms with van der Waals surface area (Å²) in [5, 5.41) is 13.8. The fourth-order valence-electron chi connectivity index (χ4n) is 4.71. The number of hydrogen-bond donors (Lipinski definition) is 3. The molecule has 2 aromatic carbocycles. The number of benzene rings is 2. The molecule has 2 atom stereocenters. The molecule has 0 radical (unpaired) electrons. The number of rotatable bonds is 10. The molecule has 1 aromatic heterocycles. The van der Waals surface area contributed by atoms with Crippen molar-refractivity contribution in [2.75, 3.05) is 32.8 Å². The van der Waals surface area contributed by atoms with Crippen molar-refractivity contribution in [3.05, 3.63) is 63.5 Å². The van der Waals surface area contributed by atoms with Crippen LogP contribution in [0.3, 0.4) is 0 Å². The van der Waals surface area contributed by atoms with E-state index in [-0.39, 0.29) is 58.9 Å². The lowest BCUT2D eigenvalue weighted by Crippen LogP contribution is -2.59. The molecule has 1 saturated heterocycles. The van der Waals surface area contributed by atoms with Crippen LogP contribution < -0.4 is 10.0 Å². The molecule has 3 N–H and O–H groups in total. The third-order valence-corrected chi connectivity index (χ3v) is 10.1. The van der Waals surface area contributed by atoms with Gasteiger partial charge in [-0.15, -0.1) is 11.3 Å². The van der Waals surface area contributed by atoms with Crippen LogP contribution in [0.25, 0.3) is 10.1 Å². The predicted molar refractivity (Wildman–Crippen MR) is 163 cm³/mol. The zero-order valence-corrected chi connectivity index (χ0v) is 26.2. The van der Waals surface area contributed by atoms with Crippen LogP contribution in [0.1, 0.15) is 29.9 Å². The van der Waals surface area contributed by atoms with Gasteiger partial charge in [0.25, 0.3) is 5.91 Å². The number of carbonyl (C=O) groups excluding carboxylic acids is 3. The lowest BCUT2D eigenvalue weighted by Gasteiger charge is -2.38. The van der Waals surface area contributed by atoms with Gasteiger partial charge in [-0.2, -0.15) is 4.72 Å². The second kappa shape index (κ2) is 13.7. The first-order chi connectivity index (χ1) is 19.9. The fraction of sp³-hybridized carbons (Fsp3) is 0.393. The van der Waals surface area contributed by atoms with Gasteiger partial charge in [-0.3, -0.25) is 14.4 Å². The van der Waals surface area contributed by atoms with E-state index in [0.717, 1.165) is 10.1 Å². The molecule has 0 spiro atoms. The van der Waals surface area contributed by atoms with E-state index in [4.69, 9.17) is 23.2 Å². The first-order valence-electron chi connectivity index (χ1n) is 13.3. The number of fused-ring (bicyclic) bond motifs is 1. The molecule has 1 aliphatic heterocycles. The molecule has 0 bridgehead atoms. The van der Waals surface area contributed by atoms with Crippen LogP contribution in [0.4, 0.5) is 0 Å². The quantitative estimate of drug-likeness (QED) is 0.307. The summed E-state index contributed by atoms with van der Waals surface area (Å²) >= 11 is 13.2. The summed E-state index contributed by atoms with van der Waals surface area (Å²) in [6.45, 7) is 3.79. The second-order valence-electron chi connectivity index (χ2n) is 10.4. The van der Waals surface area contributed by atoms with Gasteiger partial charge in [0.15, 0.2) is 0 Å². The maximum atomic E-state index is 13.5. The highest BCUT2D eigenvalue weighted by atomic mass is 35.5. The van der Waals surface area contributed by atoms with Crippen LogP contribution >= 0.6 is 34.5 Å². The lowest BCUT2D eigenvalue weighted by atomic mass is 10.0. The van der Waals surface area contributed by atoms with Crippen LogP contribution in [-0.2, 0) is 19.6 Å². The molecule has 4 rings (SSSR count). The molecule has 1 unspecified atom stereocenters. The van der Waals surface area contributed by atoms with Gasteiger partial charge in [0, 0.05) is 35.9 Å². The van der Waals surface area contributed by atoms with Crippen molar-refractivity contribution in [2.24, 2.45) is 5.92 Å². The number of nitrogens with zero attached hydrogens (tertiary/aromatic N) is 2.